The first-order valence-electron chi connectivity index (χ1n) is 9.15. The maximum Gasteiger partial charge on any atom is 0.234 e. The van der Waals surface area contributed by atoms with Crippen molar-refractivity contribution in [3.05, 3.63) is 54.1 Å². The number of nitrogens with zero attached hydrogens (tertiary/aromatic N) is 3. The Hall–Kier alpha value is -2.14. The van der Waals surface area contributed by atoms with Crippen LogP contribution in [0.15, 0.2) is 42.9 Å². The van der Waals surface area contributed by atoms with Crippen LogP contribution in [0.5, 0.6) is 0 Å². The van der Waals surface area contributed by atoms with Gasteiger partial charge in [0.1, 0.15) is 0 Å². The number of likely N-dealkylation sites (tertiary alicyclic amines) is 1. The number of imidazole rings is 1. The van der Waals surface area contributed by atoms with Crippen LogP contribution in [0.1, 0.15) is 37.4 Å². The van der Waals surface area contributed by atoms with Gasteiger partial charge >= 0.3 is 0 Å². The molecule has 1 amide bonds. The van der Waals surface area contributed by atoms with Crippen LogP contribution in [0.4, 0.5) is 0 Å². The van der Waals surface area contributed by atoms with Gasteiger partial charge in [-0.1, -0.05) is 44.2 Å². The third-order valence-electron chi connectivity index (χ3n) is 4.74. The summed E-state index contributed by atoms with van der Waals surface area (Å²) in [6.45, 7) is 8.25. The van der Waals surface area contributed by atoms with Gasteiger partial charge in [0, 0.05) is 19.3 Å². The van der Waals surface area contributed by atoms with E-state index in [0.717, 1.165) is 31.7 Å². The molecule has 3 rings (SSSR count). The molecule has 0 spiro atoms. The monoisotopic (exact) mass is 340 g/mol. The van der Waals surface area contributed by atoms with Crippen LogP contribution in [0.3, 0.4) is 0 Å². The highest BCUT2D eigenvalue weighted by atomic mass is 16.2. The van der Waals surface area contributed by atoms with Gasteiger partial charge in [-0.2, -0.15) is 0 Å². The maximum absolute atomic E-state index is 12.3. The highest BCUT2D eigenvalue weighted by molar-refractivity contribution is 5.78. The van der Waals surface area contributed by atoms with Gasteiger partial charge in [-0.15, -0.1) is 0 Å². The van der Waals surface area contributed by atoms with E-state index in [-0.39, 0.29) is 5.91 Å². The number of benzene rings is 1. The standard InChI is InChI=1S/C20H28N4O/c1-16(2)12-24-15-21-10-19(24)11-22-20(25)14-23-9-8-18(13-23)17-6-4-3-5-7-17/h3-7,10,15-16,18H,8-9,11-14H2,1-2H3,(H,22,25). The Morgan fingerprint density at radius 1 is 1.32 bits per heavy atom. The van der Waals surface area contributed by atoms with Crippen LogP contribution in [-0.2, 0) is 17.9 Å². The summed E-state index contributed by atoms with van der Waals surface area (Å²) >= 11 is 0. The van der Waals surface area contributed by atoms with Gasteiger partial charge in [0.25, 0.3) is 0 Å². The summed E-state index contributed by atoms with van der Waals surface area (Å²) in [6, 6.07) is 10.6. The minimum absolute atomic E-state index is 0.0889. The second kappa shape index (κ2) is 8.30. The fourth-order valence-electron chi connectivity index (χ4n) is 3.47. The molecule has 2 heterocycles. The van der Waals surface area contributed by atoms with Gasteiger partial charge < -0.3 is 9.88 Å². The lowest BCUT2D eigenvalue weighted by Gasteiger charge is -2.16. The molecule has 5 nitrogen and oxygen atoms in total. The molecular formula is C20H28N4O. The molecule has 0 bridgehead atoms. The Balaban J connectivity index is 1.45. The first-order valence-corrected chi connectivity index (χ1v) is 9.15. The second-order valence-corrected chi connectivity index (χ2v) is 7.34. The SMILES string of the molecule is CC(C)Cn1cncc1CNC(=O)CN1CCC(c2ccccc2)C1. The predicted molar refractivity (Wildman–Crippen MR) is 99.2 cm³/mol. The van der Waals surface area contributed by atoms with Crippen LogP contribution in [-0.4, -0.2) is 40.0 Å². The molecule has 1 aromatic heterocycles. The summed E-state index contributed by atoms with van der Waals surface area (Å²) < 4.78 is 2.12. The van der Waals surface area contributed by atoms with Crippen LogP contribution in [0.2, 0.25) is 0 Å². The van der Waals surface area contributed by atoms with Crippen molar-refractivity contribution in [1.82, 2.24) is 19.8 Å². The van der Waals surface area contributed by atoms with E-state index in [1.807, 2.05) is 18.6 Å². The molecule has 1 atom stereocenters. The average Bonchev–Trinajstić information content (AvgIpc) is 3.23. The lowest BCUT2D eigenvalue weighted by Crippen LogP contribution is -2.36. The van der Waals surface area contributed by atoms with E-state index in [1.165, 1.54) is 5.56 Å². The van der Waals surface area contributed by atoms with E-state index in [1.54, 1.807) is 0 Å². The topological polar surface area (TPSA) is 50.2 Å². The summed E-state index contributed by atoms with van der Waals surface area (Å²) in [5.41, 5.74) is 2.44. The Bertz CT molecular complexity index is 680. The van der Waals surface area contributed by atoms with Gasteiger partial charge in [-0.25, -0.2) is 4.98 Å². The molecule has 0 saturated carbocycles. The van der Waals surface area contributed by atoms with Gasteiger partial charge in [-0.3, -0.25) is 9.69 Å². The maximum atomic E-state index is 12.3. The van der Waals surface area contributed by atoms with E-state index in [4.69, 9.17) is 0 Å². The molecule has 25 heavy (non-hydrogen) atoms. The van der Waals surface area contributed by atoms with Crippen molar-refractivity contribution >= 4 is 5.91 Å². The van der Waals surface area contributed by atoms with Gasteiger partial charge in [0.15, 0.2) is 0 Å². The Labute approximate surface area is 150 Å². The number of carbonyl (C=O) groups excluding carboxylic acids is 1. The fraction of sp³-hybridized carbons (Fsp3) is 0.500. The van der Waals surface area contributed by atoms with Crippen LogP contribution >= 0.6 is 0 Å². The van der Waals surface area contributed by atoms with Crippen molar-refractivity contribution in [2.45, 2.75) is 39.3 Å². The minimum Gasteiger partial charge on any atom is -0.349 e. The predicted octanol–water partition coefficient (Wildman–Crippen LogP) is 2.64. The molecule has 5 heteroatoms. The summed E-state index contributed by atoms with van der Waals surface area (Å²) in [5.74, 6) is 1.19. The highest BCUT2D eigenvalue weighted by Crippen LogP contribution is 2.26. The molecule has 134 valence electrons. The summed E-state index contributed by atoms with van der Waals surface area (Å²) in [6.07, 6.45) is 4.80. The molecule has 1 saturated heterocycles. The summed E-state index contributed by atoms with van der Waals surface area (Å²) in [7, 11) is 0. The first kappa shape index (κ1) is 17.7. The lowest BCUT2D eigenvalue weighted by molar-refractivity contribution is -0.122. The number of hydrogen-bond acceptors (Lipinski definition) is 3. The van der Waals surface area contributed by atoms with Crippen LogP contribution in [0, 0.1) is 5.92 Å². The van der Waals surface area contributed by atoms with E-state index in [2.05, 4.69) is 57.9 Å². The zero-order valence-electron chi connectivity index (χ0n) is 15.2. The van der Waals surface area contributed by atoms with E-state index in [0.29, 0.717) is 24.9 Å². The van der Waals surface area contributed by atoms with E-state index in [9.17, 15) is 4.79 Å². The first-order chi connectivity index (χ1) is 12.1. The van der Waals surface area contributed by atoms with Crippen molar-refractivity contribution in [2.75, 3.05) is 19.6 Å². The zero-order valence-corrected chi connectivity index (χ0v) is 15.2. The molecule has 2 aromatic rings. The molecule has 1 unspecified atom stereocenters. The molecule has 1 fully saturated rings. The molecule has 1 aliphatic rings. The largest absolute Gasteiger partial charge is 0.349 e. The van der Waals surface area contributed by atoms with E-state index < -0.39 is 0 Å². The lowest BCUT2D eigenvalue weighted by atomic mass is 9.99. The Morgan fingerprint density at radius 3 is 2.88 bits per heavy atom. The third kappa shape index (κ3) is 4.92. The zero-order chi connectivity index (χ0) is 17.6. The summed E-state index contributed by atoms with van der Waals surface area (Å²) in [4.78, 5) is 18.7. The second-order valence-electron chi connectivity index (χ2n) is 7.34. The van der Waals surface area contributed by atoms with Gasteiger partial charge in [-0.05, 0) is 30.4 Å². The molecule has 1 N–H and O–H groups in total. The number of nitrogens with one attached hydrogen (secondary N) is 1. The van der Waals surface area contributed by atoms with Crippen LogP contribution < -0.4 is 5.32 Å². The van der Waals surface area contributed by atoms with Crippen LogP contribution in [0.25, 0.3) is 0 Å². The van der Waals surface area contributed by atoms with Crippen molar-refractivity contribution in [1.29, 1.82) is 0 Å². The summed E-state index contributed by atoms with van der Waals surface area (Å²) in [5, 5.41) is 3.04. The number of amides is 1. The van der Waals surface area contributed by atoms with Crippen molar-refractivity contribution in [3.8, 4) is 0 Å². The molecular weight excluding hydrogens is 312 g/mol. The fourth-order valence-corrected chi connectivity index (χ4v) is 3.47. The van der Waals surface area contributed by atoms with Crippen molar-refractivity contribution < 1.29 is 4.79 Å². The van der Waals surface area contributed by atoms with Gasteiger partial charge in [0.05, 0.1) is 25.1 Å². The number of carbonyl (C=O) groups is 1. The minimum atomic E-state index is 0.0889. The van der Waals surface area contributed by atoms with Gasteiger partial charge in [0.2, 0.25) is 5.91 Å². The number of hydrogen-bond donors (Lipinski definition) is 1. The Morgan fingerprint density at radius 2 is 2.12 bits per heavy atom. The van der Waals surface area contributed by atoms with Crippen molar-refractivity contribution in [3.63, 3.8) is 0 Å². The smallest absolute Gasteiger partial charge is 0.234 e. The molecule has 0 radical (unpaired) electrons. The van der Waals surface area contributed by atoms with E-state index >= 15 is 0 Å². The molecule has 1 aromatic carbocycles. The molecule has 0 aliphatic carbocycles. The quantitative estimate of drug-likeness (QED) is 0.843. The number of aromatic nitrogens is 2. The number of rotatable bonds is 7. The Kier molecular flexibility index (Phi) is 5.87. The highest BCUT2D eigenvalue weighted by Gasteiger charge is 2.25. The average molecular weight is 340 g/mol. The molecule has 1 aliphatic heterocycles. The third-order valence-corrected chi connectivity index (χ3v) is 4.74. The van der Waals surface area contributed by atoms with Crippen molar-refractivity contribution in [2.24, 2.45) is 5.92 Å². The normalized spacial score (nSPS) is 18.0.